The van der Waals surface area contributed by atoms with Crippen LogP contribution >= 0.6 is 69.2 Å². The second-order valence-electron chi connectivity index (χ2n) is 12.2. The third-order valence-corrected chi connectivity index (χ3v) is 11.8. The van der Waals surface area contributed by atoms with E-state index >= 15 is 0 Å². The van der Waals surface area contributed by atoms with Crippen molar-refractivity contribution >= 4 is 112 Å². The lowest BCUT2D eigenvalue weighted by Crippen LogP contribution is -2.27. The van der Waals surface area contributed by atoms with Crippen LogP contribution in [-0.2, 0) is 9.84 Å². The van der Waals surface area contributed by atoms with Gasteiger partial charge in [0.2, 0.25) is 0 Å². The van der Waals surface area contributed by atoms with Crippen LogP contribution in [0.15, 0.2) is 101 Å². The number of thioether (sulfide) groups is 1. The van der Waals surface area contributed by atoms with E-state index in [1.165, 1.54) is 8.47 Å². The summed E-state index contributed by atoms with van der Waals surface area (Å²) < 4.78 is 25.2. The van der Waals surface area contributed by atoms with Gasteiger partial charge in [0.15, 0.2) is 9.84 Å². The average molecular weight is 825 g/mol. The number of pyridine rings is 3. The van der Waals surface area contributed by atoms with Gasteiger partial charge in [-0.05, 0) is 116 Å². The molecule has 0 saturated heterocycles. The number of fused-ring (bicyclic) bond motifs is 3. The zero-order valence-corrected chi connectivity index (χ0v) is 32.2. The minimum Gasteiger partial charge on any atom is -0.256 e. The lowest BCUT2D eigenvalue weighted by atomic mass is 10.2. The first-order valence-corrected chi connectivity index (χ1v) is 18.7. The highest BCUT2D eigenvalue weighted by atomic mass is 127. The Hall–Kier alpha value is -2.21. The van der Waals surface area contributed by atoms with E-state index in [9.17, 15) is 8.42 Å². The van der Waals surface area contributed by atoms with Gasteiger partial charge in [-0.25, -0.2) is 8.42 Å². The van der Waals surface area contributed by atoms with Crippen molar-refractivity contribution in [3.05, 3.63) is 110 Å². The van der Waals surface area contributed by atoms with Crippen molar-refractivity contribution in [1.29, 1.82) is 0 Å². The molecule has 0 N–H and O–H groups in total. The molecule has 46 heavy (non-hydrogen) atoms. The number of benzene rings is 3. The fraction of sp³-hybridized carbons (Fsp3) is 0.229. The maximum absolute atomic E-state index is 12.3. The van der Waals surface area contributed by atoms with Gasteiger partial charge in [-0.15, -0.1) is 11.8 Å². The van der Waals surface area contributed by atoms with Gasteiger partial charge in [0.1, 0.15) is 0 Å². The Morgan fingerprint density at radius 1 is 0.609 bits per heavy atom. The molecule has 0 unspecified atom stereocenters. The van der Waals surface area contributed by atoms with Crippen molar-refractivity contribution in [2.45, 2.75) is 60.8 Å². The largest absolute Gasteiger partial charge is 0.256 e. The van der Waals surface area contributed by atoms with Gasteiger partial charge in [-0.1, -0.05) is 55.6 Å². The third kappa shape index (κ3) is 9.23. The second kappa shape index (κ2) is 14.9. The highest BCUT2D eigenvalue weighted by molar-refractivity contribution is 14.1. The number of hydrogen-bond acceptors (Lipinski definition) is 6. The Kier molecular flexibility index (Phi) is 11.9. The molecule has 0 saturated carbocycles. The van der Waals surface area contributed by atoms with Gasteiger partial charge in [0, 0.05) is 48.0 Å². The Morgan fingerprint density at radius 3 is 1.52 bits per heavy atom. The van der Waals surface area contributed by atoms with Gasteiger partial charge >= 0.3 is 0 Å². The number of hydrogen-bond donors (Lipinski definition) is 0. The molecule has 5 nitrogen and oxygen atoms in total. The fourth-order valence-electron chi connectivity index (χ4n) is 4.21. The SMILES string of the molecule is CC(C)(C)S(=O)(=O)c1ccc2nccc(Cl)c2c1.CC(C)(C)Sc1ccc2nccc(Cl)c2c1.Clc1ccnc2ccc(I)cc12. The van der Waals surface area contributed by atoms with E-state index in [1.807, 2.05) is 42.1 Å². The summed E-state index contributed by atoms with van der Waals surface area (Å²) in [7, 11) is -3.37. The summed E-state index contributed by atoms with van der Waals surface area (Å²) in [6.07, 6.45) is 5.06. The molecule has 3 heterocycles. The molecular weight excluding hydrogens is 792 g/mol. The quantitative estimate of drug-likeness (QED) is 0.128. The number of rotatable bonds is 2. The predicted octanol–water partition coefficient (Wildman–Crippen LogP) is 11.7. The summed E-state index contributed by atoms with van der Waals surface area (Å²) >= 11 is 22.3. The maximum atomic E-state index is 12.3. The molecule has 0 amide bonds. The summed E-state index contributed by atoms with van der Waals surface area (Å²) in [6, 6.07) is 22.4. The molecule has 3 aromatic carbocycles. The number of aromatic nitrogens is 3. The van der Waals surface area contributed by atoms with Crippen LogP contribution in [0.2, 0.25) is 15.1 Å². The molecule has 0 aliphatic carbocycles. The molecule has 0 aliphatic rings. The lowest BCUT2D eigenvalue weighted by molar-refractivity contribution is 0.560. The zero-order valence-electron chi connectivity index (χ0n) is 26.1. The van der Waals surface area contributed by atoms with Gasteiger partial charge in [0.25, 0.3) is 0 Å². The standard InChI is InChI=1S/C13H14ClNO2S.C13H14ClNS.C9H5ClIN/c1-13(2,3)18(16,17)9-4-5-12-10(8-9)11(14)6-7-15-12;1-13(2,3)16-9-4-5-12-10(8-9)11(14)6-7-15-12;10-8-3-4-12-9-2-1-6(11)5-7(8)9/h4-8H,1-3H3;4-8H,1-3H3;1-5H. The molecule has 6 rings (SSSR count). The van der Waals surface area contributed by atoms with Crippen LogP contribution in [0.25, 0.3) is 32.7 Å². The average Bonchev–Trinajstić information content (AvgIpc) is 2.97. The van der Waals surface area contributed by atoms with Gasteiger partial charge in [-0.2, -0.15) is 0 Å². The van der Waals surface area contributed by atoms with E-state index in [0.29, 0.717) is 15.9 Å². The Balaban J connectivity index is 0.000000160. The van der Waals surface area contributed by atoms with Crippen LogP contribution < -0.4 is 0 Å². The summed E-state index contributed by atoms with van der Waals surface area (Å²) in [5.74, 6) is 0. The van der Waals surface area contributed by atoms with Crippen LogP contribution in [0.1, 0.15) is 41.5 Å². The number of halogens is 4. The van der Waals surface area contributed by atoms with E-state index in [4.69, 9.17) is 34.8 Å². The summed E-state index contributed by atoms with van der Waals surface area (Å²) in [6.45, 7) is 11.6. The smallest absolute Gasteiger partial charge is 0.183 e. The van der Waals surface area contributed by atoms with Crippen molar-refractivity contribution in [3.63, 3.8) is 0 Å². The Morgan fingerprint density at radius 2 is 1.04 bits per heavy atom. The van der Waals surface area contributed by atoms with Crippen LogP contribution in [0.5, 0.6) is 0 Å². The van der Waals surface area contributed by atoms with Gasteiger partial charge in [0.05, 0.1) is 41.3 Å². The Labute approximate surface area is 303 Å². The Bertz CT molecular complexity index is 2130. The predicted molar refractivity (Wildman–Crippen MR) is 206 cm³/mol. The molecule has 6 aromatic rings. The molecule has 3 aromatic heterocycles. The number of nitrogens with zero attached hydrogens (tertiary/aromatic N) is 3. The highest BCUT2D eigenvalue weighted by Crippen LogP contribution is 2.35. The van der Waals surface area contributed by atoms with Crippen molar-refractivity contribution in [1.82, 2.24) is 15.0 Å². The first-order valence-electron chi connectivity index (χ1n) is 14.2. The topological polar surface area (TPSA) is 72.8 Å². The first kappa shape index (κ1) is 36.6. The molecule has 0 spiro atoms. The summed E-state index contributed by atoms with van der Waals surface area (Å²) in [5.41, 5.74) is 2.59. The fourth-order valence-corrected chi connectivity index (χ4v) is 7.57. The summed E-state index contributed by atoms with van der Waals surface area (Å²) in [4.78, 5) is 14.1. The van der Waals surface area contributed by atoms with Crippen molar-refractivity contribution < 1.29 is 8.42 Å². The summed E-state index contributed by atoms with van der Waals surface area (Å²) in [5, 5.41) is 4.74. The van der Waals surface area contributed by atoms with Gasteiger partial charge in [-0.3, -0.25) is 15.0 Å². The van der Waals surface area contributed by atoms with Gasteiger partial charge < -0.3 is 0 Å². The van der Waals surface area contributed by atoms with E-state index in [2.05, 4.69) is 70.4 Å². The van der Waals surface area contributed by atoms with Crippen molar-refractivity contribution in [2.24, 2.45) is 0 Å². The van der Waals surface area contributed by atoms with Crippen molar-refractivity contribution in [2.75, 3.05) is 0 Å². The van der Waals surface area contributed by atoms with E-state index < -0.39 is 14.6 Å². The maximum Gasteiger partial charge on any atom is 0.183 e. The van der Waals surface area contributed by atoms with E-state index in [0.717, 1.165) is 31.9 Å². The van der Waals surface area contributed by atoms with Crippen LogP contribution in [-0.4, -0.2) is 32.9 Å². The van der Waals surface area contributed by atoms with Crippen LogP contribution in [0, 0.1) is 3.57 Å². The molecule has 0 atom stereocenters. The van der Waals surface area contributed by atoms with Crippen molar-refractivity contribution in [3.8, 4) is 0 Å². The minimum absolute atomic E-state index is 0.211. The minimum atomic E-state index is -3.37. The molecule has 0 radical (unpaired) electrons. The second-order valence-corrected chi connectivity index (χ2v) is 19.3. The monoisotopic (exact) mass is 823 g/mol. The normalized spacial score (nSPS) is 12.0. The number of sulfone groups is 1. The molecule has 0 bridgehead atoms. The highest BCUT2D eigenvalue weighted by Gasteiger charge is 2.31. The van der Waals surface area contributed by atoms with Crippen LogP contribution in [0.3, 0.4) is 0 Å². The lowest BCUT2D eigenvalue weighted by Gasteiger charge is -2.19. The molecule has 11 heteroatoms. The molecule has 0 aliphatic heterocycles. The third-order valence-electron chi connectivity index (χ3n) is 6.51. The molecule has 0 fully saturated rings. The zero-order chi connectivity index (χ0) is 33.9. The van der Waals surface area contributed by atoms with Crippen LogP contribution in [0.4, 0.5) is 0 Å². The molecule has 240 valence electrons. The van der Waals surface area contributed by atoms with E-state index in [-0.39, 0.29) is 9.64 Å². The van der Waals surface area contributed by atoms with E-state index in [1.54, 1.807) is 69.7 Å². The first-order chi connectivity index (χ1) is 21.5. The molecular formula is C35H33Cl3IN3O2S2.